The van der Waals surface area contributed by atoms with Crippen molar-refractivity contribution in [1.82, 2.24) is 5.32 Å². The first-order valence-electron chi connectivity index (χ1n) is 6.25. The highest BCUT2D eigenvalue weighted by Gasteiger charge is 2.40. The summed E-state index contributed by atoms with van der Waals surface area (Å²) in [6, 6.07) is 0. The standard InChI is InChI=1S/C12H24N2/c13-9-12(6-7-12)10-14-8-11-4-2-1-3-5-11/h11,14H,1-10,13H2. The third-order valence-corrected chi connectivity index (χ3v) is 4.05. The van der Waals surface area contributed by atoms with Crippen molar-refractivity contribution >= 4 is 0 Å². The first-order chi connectivity index (χ1) is 6.85. The van der Waals surface area contributed by atoms with Crippen molar-refractivity contribution in [3.63, 3.8) is 0 Å². The third kappa shape index (κ3) is 2.71. The van der Waals surface area contributed by atoms with Gasteiger partial charge in [-0.25, -0.2) is 0 Å². The van der Waals surface area contributed by atoms with E-state index in [-0.39, 0.29) is 0 Å². The molecule has 0 spiro atoms. The summed E-state index contributed by atoms with van der Waals surface area (Å²) in [6.07, 6.45) is 9.96. The van der Waals surface area contributed by atoms with Gasteiger partial charge in [0, 0.05) is 6.54 Å². The highest BCUT2D eigenvalue weighted by atomic mass is 14.9. The predicted molar refractivity (Wildman–Crippen MR) is 60.2 cm³/mol. The van der Waals surface area contributed by atoms with Crippen molar-refractivity contribution in [2.24, 2.45) is 17.1 Å². The average molecular weight is 196 g/mol. The molecule has 0 heterocycles. The zero-order valence-corrected chi connectivity index (χ0v) is 9.23. The minimum Gasteiger partial charge on any atom is -0.330 e. The van der Waals surface area contributed by atoms with E-state index >= 15 is 0 Å². The van der Waals surface area contributed by atoms with Crippen molar-refractivity contribution in [2.75, 3.05) is 19.6 Å². The molecule has 2 aliphatic carbocycles. The molecule has 0 aromatic heterocycles. The number of hydrogen-bond donors (Lipinski definition) is 2. The van der Waals surface area contributed by atoms with Gasteiger partial charge >= 0.3 is 0 Å². The fraction of sp³-hybridized carbons (Fsp3) is 1.00. The molecule has 0 aliphatic heterocycles. The lowest BCUT2D eigenvalue weighted by Crippen LogP contribution is -2.33. The lowest BCUT2D eigenvalue weighted by Gasteiger charge is -2.23. The molecule has 0 aromatic carbocycles. The summed E-state index contributed by atoms with van der Waals surface area (Å²) in [5, 5.41) is 3.63. The Bertz CT molecular complexity index is 169. The number of hydrogen-bond acceptors (Lipinski definition) is 2. The van der Waals surface area contributed by atoms with Crippen molar-refractivity contribution in [1.29, 1.82) is 0 Å². The molecular formula is C12H24N2. The van der Waals surface area contributed by atoms with Crippen LogP contribution in [0.5, 0.6) is 0 Å². The molecule has 2 fully saturated rings. The first-order valence-corrected chi connectivity index (χ1v) is 6.25. The van der Waals surface area contributed by atoms with Crippen LogP contribution in [0.3, 0.4) is 0 Å². The van der Waals surface area contributed by atoms with E-state index in [0.29, 0.717) is 5.41 Å². The Hall–Kier alpha value is -0.0800. The van der Waals surface area contributed by atoms with E-state index in [2.05, 4.69) is 5.32 Å². The van der Waals surface area contributed by atoms with Crippen LogP contribution in [-0.4, -0.2) is 19.6 Å². The van der Waals surface area contributed by atoms with Gasteiger partial charge in [-0.05, 0) is 50.1 Å². The third-order valence-electron chi connectivity index (χ3n) is 4.05. The second kappa shape index (κ2) is 4.63. The van der Waals surface area contributed by atoms with Gasteiger partial charge in [-0.2, -0.15) is 0 Å². The summed E-state index contributed by atoms with van der Waals surface area (Å²) in [6.45, 7) is 3.28. The Morgan fingerprint density at radius 1 is 1.14 bits per heavy atom. The van der Waals surface area contributed by atoms with Crippen LogP contribution < -0.4 is 11.1 Å². The highest BCUT2D eigenvalue weighted by Crippen LogP contribution is 2.43. The second-order valence-corrected chi connectivity index (χ2v) is 5.34. The largest absolute Gasteiger partial charge is 0.330 e. The van der Waals surface area contributed by atoms with Gasteiger partial charge < -0.3 is 11.1 Å². The summed E-state index contributed by atoms with van der Waals surface area (Å²) < 4.78 is 0. The molecule has 2 heteroatoms. The second-order valence-electron chi connectivity index (χ2n) is 5.34. The molecule has 0 bridgehead atoms. The van der Waals surface area contributed by atoms with Crippen LogP contribution in [0.25, 0.3) is 0 Å². The fourth-order valence-corrected chi connectivity index (χ4v) is 2.56. The van der Waals surface area contributed by atoms with Crippen LogP contribution in [-0.2, 0) is 0 Å². The lowest BCUT2D eigenvalue weighted by molar-refractivity contribution is 0.329. The van der Waals surface area contributed by atoms with Gasteiger partial charge in [0.1, 0.15) is 0 Å². The maximum atomic E-state index is 5.75. The van der Waals surface area contributed by atoms with Crippen molar-refractivity contribution in [2.45, 2.75) is 44.9 Å². The molecule has 82 valence electrons. The van der Waals surface area contributed by atoms with Crippen LogP contribution in [0.2, 0.25) is 0 Å². The lowest BCUT2D eigenvalue weighted by atomic mass is 9.89. The Balaban J connectivity index is 1.58. The molecule has 3 N–H and O–H groups in total. The van der Waals surface area contributed by atoms with Crippen LogP contribution >= 0.6 is 0 Å². The molecular weight excluding hydrogens is 172 g/mol. The smallest absolute Gasteiger partial charge is 0.00200 e. The Morgan fingerprint density at radius 2 is 1.86 bits per heavy atom. The number of nitrogens with one attached hydrogen (secondary N) is 1. The number of nitrogens with two attached hydrogens (primary N) is 1. The zero-order chi connectivity index (χ0) is 9.86. The molecule has 2 saturated carbocycles. The quantitative estimate of drug-likeness (QED) is 0.705. The molecule has 0 amide bonds. The summed E-state index contributed by atoms with van der Waals surface area (Å²) in [5.41, 5.74) is 6.26. The molecule has 2 rings (SSSR count). The van der Waals surface area contributed by atoms with Crippen LogP contribution in [0.4, 0.5) is 0 Å². The minimum atomic E-state index is 0.509. The maximum absolute atomic E-state index is 5.75. The Labute approximate surface area is 87.6 Å². The van der Waals surface area contributed by atoms with E-state index in [1.807, 2.05) is 0 Å². The predicted octanol–water partition coefficient (Wildman–Crippen LogP) is 1.90. The minimum absolute atomic E-state index is 0.509. The maximum Gasteiger partial charge on any atom is 0.00200 e. The van der Waals surface area contributed by atoms with Gasteiger partial charge in [-0.1, -0.05) is 19.3 Å². The fourth-order valence-electron chi connectivity index (χ4n) is 2.56. The van der Waals surface area contributed by atoms with Crippen molar-refractivity contribution < 1.29 is 0 Å². The normalized spacial score (nSPS) is 26.4. The summed E-state index contributed by atoms with van der Waals surface area (Å²) >= 11 is 0. The van der Waals surface area contributed by atoms with Crippen LogP contribution in [0, 0.1) is 11.3 Å². The van der Waals surface area contributed by atoms with E-state index in [1.165, 1.54) is 58.0 Å². The molecule has 2 aliphatic rings. The Morgan fingerprint density at radius 3 is 2.43 bits per heavy atom. The molecule has 14 heavy (non-hydrogen) atoms. The molecule has 0 radical (unpaired) electrons. The summed E-state index contributed by atoms with van der Waals surface area (Å²) in [7, 11) is 0. The molecule has 0 saturated heterocycles. The molecule has 2 nitrogen and oxygen atoms in total. The van der Waals surface area contributed by atoms with Gasteiger partial charge in [0.2, 0.25) is 0 Å². The zero-order valence-electron chi connectivity index (χ0n) is 9.23. The van der Waals surface area contributed by atoms with E-state index in [1.54, 1.807) is 0 Å². The van der Waals surface area contributed by atoms with E-state index < -0.39 is 0 Å². The highest BCUT2D eigenvalue weighted by molar-refractivity contribution is 4.95. The van der Waals surface area contributed by atoms with Crippen LogP contribution in [0.1, 0.15) is 44.9 Å². The molecule has 0 atom stereocenters. The average Bonchev–Trinajstić information content (AvgIpc) is 3.00. The van der Waals surface area contributed by atoms with Gasteiger partial charge in [0.15, 0.2) is 0 Å². The van der Waals surface area contributed by atoms with Crippen LogP contribution in [0.15, 0.2) is 0 Å². The van der Waals surface area contributed by atoms with Gasteiger partial charge in [0.05, 0.1) is 0 Å². The number of rotatable bonds is 5. The Kier molecular flexibility index (Phi) is 3.45. The van der Waals surface area contributed by atoms with E-state index in [4.69, 9.17) is 5.73 Å². The SMILES string of the molecule is NCC1(CNCC2CCCCC2)CC1. The van der Waals surface area contributed by atoms with Gasteiger partial charge in [-0.3, -0.25) is 0 Å². The molecule has 0 unspecified atom stereocenters. The monoisotopic (exact) mass is 196 g/mol. The molecule has 0 aromatic rings. The van der Waals surface area contributed by atoms with Crippen molar-refractivity contribution in [3.8, 4) is 0 Å². The van der Waals surface area contributed by atoms with E-state index in [0.717, 1.165) is 12.5 Å². The van der Waals surface area contributed by atoms with Gasteiger partial charge in [0.25, 0.3) is 0 Å². The topological polar surface area (TPSA) is 38.0 Å². The summed E-state index contributed by atoms with van der Waals surface area (Å²) in [4.78, 5) is 0. The van der Waals surface area contributed by atoms with Crippen molar-refractivity contribution in [3.05, 3.63) is 0 Å². The summed E-state index contributed by atoms with van der Waals surface area (Å²) in [5.74, 6) is 0.956. The van der Waals surface area contributed by atoms with E-state index in [9.17, 15) is 0 Å². The first kappa shape index (κ1) is 10.4. The van der Waals surface area contributed by atoms with Gasteiger partial charge in [-0.15, -0.1) is 0 Å².